The Bertz CT molecular complexity index is 489. The molecule has 0 saturated heterocycles. The van der Waals surface area contributed by atoms with Gasteiger partial charge in [-0.15, -0.1) is 0 Å². The second-order valence-electron chi connectivity index (χ2n) is 4.54. The monoisotopic (exact) mass is 299 g/mol. The standard InChI is InChI=1S/C14H19F2N3O2/c1-3-7-17-14(21)9(2)18-8-12(20)19-13-10(15)5-4-6-11(13)16/h4-6,9,18H,3,7-8H2,1-2H3,(H,17,21)(H,19,20). The highest BCUT2D eigenvalue weighted by molar-refractivity contribution is 5.93. The molecule has 2 amide bonds. The van der Waals surface area contributed by atoms with Gasteiger partial charge in [0.25, 0.3) is 0 Å². The lowest BCUT2D eigenvalue weighted by Crippen LogP contribution is -2.45. The number of carbonyl (C=O) groups excluding carboxylic acids is 2. The van der Waals surface area contributed by atoms with Gasteiger partial charge >= 0.3 is 0 Å². The van der Waals surface area contributed by atoms with Gasteiger partial charge in [-0.1, -0.05) is 13.0 Å². The average Bonchev–Trinajstić information content (AvgIpc) is 2.46. The topological polar surface area (TPSA) is 70.2 Å². The van der Waals surface area contributed by atoms with E-state index in [0.29, 0.717) is 6.54 Å². The summed E-state index contributed by atoms with van der Waals surface area (Å²) in [5.41, 5.74) is -0.493. The number of rotatable bonds is 7. The second-order valence-corrected chi connectivity index (χ2v) is 4.54. The molecular formula is C14H19F2N3O2. The van der Waals surface area contributed by atoms with Crippen molar-refractivity contribution >= 4 is 17.5 Å². The third kappa shape index (κ3) is 5.47. The van der Waals surface area contributed by atoms with E-state index in [1.165, 1.54) is 6.07 Å². The van der Waals surface area contributed by atoms with Crippen LogP contribution in [0, 0.1) is 11.6 Å². The summed E-state index contributed by atoms with van der Waals surface area (Å²) in [5.74, 6) is -2.56. The lowest BCUT2D eigenvalue weighted by atomic mass is 10.2. The SMILES string of the molecule is CCCNC(=O)C(C)NCC(=O)Nc1c(F)cccc1F. The number of hydrogen-bond donors (Lipinski definition) is 3. The number of anilines is 1. The summed E-state index contributed by atoms with van der Waals surface area (Å²) < 4.78 is 26.7. The van der Waals surface area contributed by atoms with Crippen LogP contribution in [0.3, 0.4) is 0 Å². The molecule has 0 aromatic heterocycles. The molecule has 0 heterocycles. The highest BCUT2D eigenvalue weighted by Crippen LogP contribution is 2.17. The molecular weight excluding hydrogens is 280 g/mol. The lowest BCUT2D eigenvalue weighted by Gasteiger charge is -2.14. The van der Waals surface area contributed by atoms with Crippen molar-refractivity contribution in [3.63, 3.8) is 0 Å². The quantitative estimate of drug-likeness (QED) is 0.713. The maximum absolute atomic E-state index is 13.3. The third-order valence-corrected chi connectivity index (χ3v) is 2.74. The molecule has 0 aliphatic heterocycles. The van der Waals surface area contributed by atoms with Crippen molar-refractivity contribution < 1.29 is 18.4 Å². The van der Waals surface area contributed by atoms with E-state index < -0.39 is 29.3 Å². The van der Waals surface area contributed by atoms with E-state index in [-0.39, 0.29) is 12.5 Å². The Morgan fingerprint density at radius 1 is 1.24 bits per heavy atom. The number of hydrogen-bond acceptors (Lipinski definition) is 3. The Morgan fingerprint density at radius 3 is 2.43 bits per heavy atom. The first-order chi connectivity index (χ1) is 9.95. The van der Waals surface area contributed by atoms with E-state index in [1.54, 1.807) is 6.92 Å². The molecule has 0 radical (unpaired) electrons. The molecule has 1 rings (SSSR count). The molecule has 21 heavy (non-hydrogen) atoms. The Kier molecular flexibility index (Phi) is 6.74. The van der Waals surface area contributed by atoms with Crippen LogP contribution >= 0.6 is 0 Å². The van der Waals surface area contributed by atoms with Crippen LogP contribution in [0.4, 0.5) is 14.5 Å². The highest BCUT2D eigenvalue weighted by Gasteiger charge is 2.15. The fourth-order valence-corrected chi connectivity index (χ4v) is 1.54. The normalized spacial score (nSPS) is 11.8. The van der Waals surface area contributed by atoms with Gasteiger partial charge in [-0.2, -0.15) is 0 Å². The van der Waals surface area contributed by atoms with Crippen molar-refractivity contribution in [2.75, 3.05) is 18.4 Å². The maximum Gasteiger partial charge on any atom is 0.238 e. The van der Waals surface area contributed by atoms with Crippen LogP contribution < -0.4 is 16.0 Å². The van der Waals surface area contributed by atoms with E-state index in [2.05, 4.69) is 16.0 Å². The van der Waals surface area contributed by atoms with E-state index in [9.17, 15) is 18.4 Å². The van der Waals surface area contributed by atoms with Crippen molar-refractivity contribution in [1.29, 1.82) is 0 Å². The van der Waals surface area contributed by atoms with Gasteiger partial charge in [0, 0.05) is 6.54 Å². The number of para-hydroxylation sites is 1. The molecule has 0 aliphatic rings. The molecule has 1 atom stereocenters. The smallest absolute Gasteiger partial charge is 0.238 e. The molecule has 0 bridgehead atoms. The van der Waals surface area contributed by atoms with Crippen LogP contribution in [0.1, 0.15) is 20.3 Å². The minimum atomic E-state index is -0.850. The van der Waals surface area contributed by atoms with Gasteiger partial charge in [0.05, 0.1) is 12.6 Å². The van der Waals surface area contributed by atoms with Crippen molar-refractivity contribution in [3.8, 4) is 0 Å². The van der Waals surface area contributed by atoms with Crippen LogP contribution in [-0.2, 0) is 9.59 Å². The zero-order chi connectivity index (χ0) is 15.8. The summed E-state index contributed by atoms with van der Waals surface area (Å²) in [7, 11) is 0. The summed E-state index contributed by atoms with van der Waals surface area (Å²) in [4.78, 5) is 23.2. The van der Waals surface area contributed by atoms with Crippen molar-refractivity contribution in [2.45, 2.75) is 26.3 Å². The van der Waals surface area contributed by atoms with Crippen molar-refractivity contribution in [2.24, 2.45) is 0 Å². The Balaban J connectivity index is 2.46. The molecule has 1 aromatic rings. The largest absolute Gasteiger partial charge is 0.355 e. The minimum absolute atomic E-state index is 0.228. The molecule has 1 unspecified atom stereocenters. The Morgan fingerprint density at radius 2 is 1.86 bits per heavy atom. The van der Waals surface area contributed by atoms with Crippen molar-refractivity contribution in [3.05, 3.63) is 29.8 Å². The Labute approximate surface area is 122 Å². The molecule has 0 fully saturated rings. The first-order valence-corrected chi connectivity index (χ1v) is 6.70. The van der Waals surface area contributed by atoms with Gasteiger partial charge in [-0.3, -0.25) is 14.9 Å². The van der Waals surface area contributed by atoms with Gasteiger partial charge in [-0.25, -0.2) is 8.78 Å². The molecule has 5 nitrogen and oxygen atoms in total. The first-order valence-electron chi connectivity index (χ1n) is 6.70. The van der Waals surface area contributed by atoms with Crippen LogP contribution in [0.2, 0.25) is 0 Å². The van der Waals surface area contributed by atoms with E-state index in [4.69, 9.17) is 0 Å². The zero-order valence-corrected chi connectivity index (χ0v) is 12.0. The van der Waals surface area contributed by atoms with Gasteiger partial charge in [0.2, 0.25) is 11.8 Å². The van der Waals surface area contributed by atoms with E-state index in [0.717, 1.165) is 18.6 Å². The number of halogens is 2. The highest BCUT2D eigenvalue weighted by atomic mass is 19.1. The summed E-state index contributed by atoms with van der Waals surface area (Å²) in [6.07, 6.45) is 0.811. The molecule has 0 aliphatic carbocycles. The van der Waals surface area contributed by atoms with Gasteiger partial charge in [-0.05, 0) is 25.5 Å². The first kappa shape index (κ1) is 17.0. The van der Waals surface area contributed by atoms with Crippen LogP contribution in [0.15, 0.2) is 18.2 Å². The van der Waals surface area contributed by atoms with E-state index >= 15 is 0 Å². The fraction of sp³-hybridized carbons (Fsp3) is 0.429. The molecule has 1 aromatic carbocycles. The number of amides is 2. The third-order valence-electron chi connectivity index (χ3n) is 2.74. The zero-order valence-electron chi connectivity index (χ0n) is 12.0. The molecule has 0 spiro atoms. The number of benzene rings is 1. The maximum atomic E-state index is 13.3. The number of carbonyl (C=O) groups is 2. The Hall–Kier alpha value is -2.02. The lowest BCUT2D eigenvalue weighted by molar-refractivity contribution is -0.123. The molecule has 0 saturated carbocycles. The predicted octanol–water partition coefficient (Wildman–Crippen LogP) is 1.41. The molecule has 3 N–H and O–H groups in total. The van der Waals surface area contributed by atoms with Crippen molar-refractivity contribution in [1.82, 2.24) is 10.6 Å². The van der Waals surface area contributed by atoms with Crippen LogP contribution in [0.5, 0.6) is 0 Å². The fourth-order valence-electron chi connectivity index (χ4n) is 1.54. The van der Waals surface area contributed by atoms with Gasteiger partial charge in [0.15, 0.2) is 0 Å². The summed E-state index contributed by atoms with van der Waals surface area (Å²) in [6, 6.07) is 2.73. The average molecular weight is 299 g/mol. The van der Waals surface area contributed by atoms with E-state index in [1.807, 2.05) is 6.92 Å². The summed E-state index contributed by atoms with van der Waals surface area (Å²) in [6.45, 7) is 3.85. The minimum Gasteiger partial charge on any atom is -0.355 e. The molecule has 116 valence electrons. The summed E-state index contributed by atoms with van der Waals surface area (Å²) >= 11 is 0. The second kappa shape index (κ2) is 8.31. The summed E-state index contributed by atoms with van der Waals surface area (Å²) in [5, 5.41) is 7.48. The van der Waals surface area contributed by atoms with Gasteiger partial charge < -0.3 is 10.6 Å². The van der Waals surface area contributed by atoms with Crippen LogP contribution in [0.25, 0.3) is 0 Å². The van der Waals surface area contributed by atoms with Crippen LogP contribution in [-0.4, -0.2) is 30.9 Å². The van der Waals surface area contributed by atoms with Gasteiger partial charge in [0.1, 0.15) is 17.3 Å². The molecule has 7 heteroatoms. The predicted molar refractivity (Wildman–Crippen MR) is 75.8 cm³/mol. The number of nitrogens with one attached hydrogen (secondary N) is 3.